The molecule has 3 rings (SSSR count). The molecule has 1 aliphatic heterocycles. The van der Waals surface area contributed by atoms with Crippen molar-refractivity contribution in [1.29, 1.82) is 0 Å². The summed E-state index contributed by atoms with van der Waals surface area (Å²) in [6, 6.07) is 12.0. The second kappa shape index (κ2) is 5.80. The van der Waals surface area contributed by atoms with E-state index in [0.29, 0.717) is 12.1 Å². The van der Waals surface area contributed by atoms with Crippen molar-refractivity contribution in [2.75, 3.05) is 18.0 Å². The van der Waals surface area contributed by atoms with Crippen molar-refractivity contribution < 1.29 is 0 Å². The molecule has 0 radical (unpaired) electrons. The van der Waals surface area contributed by atoms with Crippen LogP contribution in [0, 0.1) is 0 Å². The Balaban J connectivity index is 1.94. The number of piperazine rings is 1. The number of nitrogens with one attached hydrogen (secondary N) is 1. The van der Waals surface area contributed by atoms with Crippen molar-refractivity contribution in [1.82, 2.24) is 10.3 Å². The van der Waals surface area contributed by atoms with Crippen LogP contribution in [-0.4, -0.2) is 30.2 Å². The Labute approximate surface area is 121 Å². The summed E-state index contributed by atoms with van der Waals surface area (Å²) in [6.07, 6.45) is 4.21. The van der Waals surface area contributed by atoms with Crippen LogP contribution in [0.15, 0.2) is 36.5 Å². The lowest BCUT2D eigenvalue weighted by Gasteiger charge is -2.41. The first-order valence-electron chi connectivity index (χ1n) is 7.66. The molecule has 0 amide bonds. The molecule has 0 saturated carbocycles. The number of fused-ring (bicyclic) bond motifs is 1. The summed E-state index contributed by atoms with van der Waals surface area (Å²) in [5.74, 6) is 0. The van der Waals surface area contributed by atoms with Crippen LogP contribution in [0.4, 0.5) is 5.69 Å². The topological polar surface area (TPSA) is 28.2 Å². The van der Waals surface area contributed by atoms with Gasteiger partial charge in [-0.3, -0.25) is 4.98 Å². The SMILES string of the molecule is CCC1CN(c2ccc3ncccc3c2)C(CC)CN1. The number of hydrogen-bond acceptors (Lipinski definition) is 3. The zero-order valence-electron chi connectivity index (χ0n) is 12.3. The van der Waals surface area contributed by atoms with E-state index in [1.54, 1.807) is 0 Å². The predicted octanol–water partition coefficient (Wildman–Crippen LogP) is 3.20. The minimum Gasteiger partial charge on any atom is -0.366 e. The molecule has 3 heteroatoms. The molecule has 2 aromatic rings. The number of pyridine rings is 1. The van der Waals surface area contributed by atoms with Crippen LogP contribution in [-0.2, 0) is 0 Å². The average Bonchev–Trinajstić information content (AvgIpc) is 2.53. The highest BCUT2D eigenvalue weighted by Gasteiger charge is 2.25. The first-order valence-corrected chi connectivity index (χ1v) is 7.66. The number of aromatic nitrogens is 1. The minimum absolute atomic E-state index is 0.590. The molecule has 2 heterocycles. The lowest BCUT2D eigenvalue weighted by molar-refractivity contribution is 0.379. The average molecular weight is 269 g/mol. The molecule has 0 spiro atoms. The molecular weight excluding hydrogens is 246 g/mol. The normalized spacial score (nSPS) is 23.2. The zero-order valence-corrected chi connectivity index (χ0v) is 12.3. The molecule has 1 aromatic carbocycles. The van der Waals surface area contributed by atoms with Crippen LogP contribution < -0.4 is 10.2 Å². The fraction of sp³-hybridized carbons (Fsp3) is 0.471. The van der Waals surface area contributed by atoms with Gasteiger partial charge in [0.2, 0.25) is 0 Å². The van der Waals surface area contributed by atoms with Crippen LogP contribution in [0.3, 0.4) is 0 Å². The Morgan fingerprint density at radius 2 is 2.15 bits per heavy atom. The standard InChI is InChI=1S/C17H23N3/c1-3-14-12-20(15(4-2)11-19-14)16-7-8-17-13(10-16)6-5-9-18-17/h5-10,14-15,19H,3-4,11-12H2,1-2H3. The molecule has 106 valence electrons. The number of benzene rings is 1. The molecule has 20 heavy (non-hydrogen) atoms. The maximum atomic E-state index is 4.41. The third kappa shape index (κ3) is 2.50. The zero-order chi connectivity index (χ0) is 13.9. The first-order chi connectivity index (χ1) is 9.81. The van der Waals surface area contributed by atoms with E-state index in [2.05, 4.69) is 53.3 Å². The Kier molecular flexibility index (Phi) is 3.88. The Bertz CT molecular complexity index is 581. The van der Waals surface area contributed by atoms with Crippen LogP contribution in [0.2, 0.25) is 0 Å². The van der Waals surface area contributed by atoms with Crippen LogP contribution in [0.25, 0.3) is 10.9 Å². The maximum Gasteiger partial charge on any atom is 0.0703 e. The maximum absolute atomic E-state index is 4.41. The van der Waals surface area contributed by atoms with Gasteiger partial charge in [0.25, 0.3) is 0 Å². The van der Waals surface area contributed by atoms with Crippen molar-refractivity contribution >= 4 is 16.6 Å². The van der Waals surface area contributed by atoms with Gasteiger partial charge >= 0.3 is 0 Å². The van der Waals surface area contributed by atoms with E-state index >= 15 is 0 Å². The van der Waals surface area contributed by atoms with Crippen molar-refractivity contribution in [3.63, 3.8) is 0 Å². The Morgan fingerprint density at radius 1 is 1.25 bits per heavy atom. The molecule has 2 atom stereocenters. The molecular formula is C17H23N3. The Morgan fingerprint density at radius 3 is 2.95 bits per heavy atom. The lowest BCUT2D eigenvalue weighted by Crippen LogP contribution is -2.56. The van der Waals surface area contributed by atoms with Crippen LogP contribution in [0.5, 0.6) is 0 Å². The fourth-order valence-electron chi connectivity index (χ4n) is 3.06. The molecule has 1 N–H and O–H groups in total. The van der Waals surface area contributed by atoms with E-state index in [4.69, 9.17) is 0 Å². The van der Waals surface area contributed by atoms with E-state index in [0.717, 1.165) is 18.6 Å². The highest BCUT2D eigenvalue weighted by Crippen LogP contribution is 2.25. The molecule has 1 aliphatic rings. The van der Waals surface area contributed by atoms with Gasteiger partial charge in [0.05, 0.1) is 5.52 Å². The van der Waals surface area contributed by atoms with E-state index in [1.807, 2.05) is 12.3 Å². The smallest absolute Gasteiger partial charge is 0.0703 e. The quantitative estimate of drug-likeness (QED) is 0.927. The van der Waals surface area contributed by atoms with E-state index in [-0.39, 0.29) is 0 Å². The predicted molar refractivity (Wildman–Crippen MR) is 85.2 cm³/mol. The fourth-order valence-corrected chi connectivity index (χ4v) is 3.06. The second-order valence-electron chi connectivity index (χ2n) is 5.61. The van der Waals surface area contributed by atoms with Crippen molar-refractivity contribution in [2.24, 2.45) is 0 Å². The van der Waals surface area contributed by atoms with E-state index in [9.17, 15) is 0 Å². The summed E-state index contributed by atoms with van der Waals surface area (Å²) in [5.41, 5.74) is 2.41. The molecule has 0 bridgehead atoms. The van der Waals surface area contributed by atoms with Crippen LogP contribution >= 0.6 is 0 Å². The van der Waals surface area contributed by atoms with Crippen molar-refractivity contribution in [3.05, 3.63) is 36.5 Å². The van der Waals surface area contributed by atoms with Gasteiger partial charge in [0.1, 0.15) is 0 Å². The summed E-state index contributed by atoms with van der Waals surface area (Å²) >= 11 is 0. The van der Waals surface area contributed by atoms with Gasteiger partial charge in [-0.05, 0) is 37.1 Å². The summed E-state index contributed by atoms with van der Waals surface area (Å²) < 4.78 is 0. The molecule has 1 saturated heterocycles. The highest BCUT2D eigenvalue weighted by atomic mass is 15.2. The molecule has 2 unspecified atom stereocenters. The second-order valence-corrected chi connectivity index (χ2v) is 5.61. The largest absolute Gasteiger partial charge is 0.366 e. The Hall–Kier alpha value is -1.61. The van der Waals surface area contributed by atoms with Gasteiger partial charge in [-0.15, -0.1) is 0 Å². The summed E-state index contributed by atoms with van der Waals surface area (Å²) in [7, 11) is 0. The van der Waals surface area contributed by atoms with Crippen LogP contribution in [0.1, 0.15) is 26.7 Å². The summed E-state index contributed by atoms with van der Waals surface area (Å²) in [5, 5.41) is 4.88. The van der Waals surface area contributed by atoms with Crippen molar-refractivity contribution in [3.8, 4) is 0 Å². The summed E-state index contributed by atoms with van der Waals surface area (Å²) in [4.78, 5) is 6.97. The molecule has 3 nitrogen and oxygen atoms in total. The highest BCUT2D eigenvalue weighted by molar-refractivity contribution is 5.82. The minimum atomic E-state index is 0.590. The molecule has 1 fully saturated rings. The van der Waals surface area contributed by atoms with Gasteiger partial charge in [-0.1, -0.05) is 19.9 Å². The third-order valence-electron chi connectivity index (χ3n) is 4.38. The van der Waals surface area contributed by atoms with E-state index in [1.165, 1.54) is 23.9 Å². The van der Waals surface area contributed by atoms with Gasteiger partial charge in [0.15, 0.2) is 0 Å². The number of nitrogens with zero attached hydrogens (tertiary/aromatic N) is 2. The van der Waals surface area contributed by atoms with Crippen molar-refractivity contribution in [2.45, 2.75) is 38.8 Å². The number of anilines is 1. The molecule has 0 aliphatic carbocycles. The number of rotatable bonds is 3. The molecule has 1 aromatic heterocycles. The summed E-state index contributed by atoms with van der Waals surface area (Å²) in [6.45, 7) is 6.71. The number of hydrogen-bond donors (Lipinski definition) is 1. The van der Waals surface area contributed by atoms with Gasteiger partial charge in [0, 0.05) is 42.4 Å². The monoisotopic (exact) mass is 269 g/mol. The first kappa shape index (κ1) is 13.4. The van der Waals surface area contributed by atoms with Gasteiger partial charge < -0.3 is 10.2 Å². The lowest BCUT2D eigenvalue weighted by atomic mass is 10.0. The van der Waals surface area contributed by atoms with Gasteiger partial charge in [-0.2, -0.15) is 0 Å². The van der Waals surface area contributed by atoms with E-state index < -0.39 is 0 Å². The third-order valence-corrected chi connectivity index (χ3v) is 4.38. The van der Waals surface area contributed by atoms with Gasteiger partial charge in [-0.25, -0.2) is 0 Å².